The second kappa shape index (κ2) is 9.79. The lowest BCUT2D eigenvalue weighted by molar-refractivity contribution is -0.307. The van der Waals surface area contributed by atoms with Gasteiger partial charge in [-0.2, -0.15) is 0 Å². The molecule has 1 heterocycles. The minimum Gasteiger partial charge on any atom is -0.546 e. The number of hydrogen-bond acceptors (Lipinski definition) is 9. The molecule has 0 aliphatic carbocycles. The van der Waals surface area contributed by atoms with Crippen LogP contribution in [0.2, 0.25) is 0 Å². The first-order valence-corrected chi connectivity index (χ1v) is 9.94. The predicted octanol–water partition coefficient (Wildman–Crippen LogP) is 1.57. The zero-order valence-electron chi connectivity index (χ0n) is 15.7. The molecular weight excluding hydrogens is 470 g/mol. The summed E-state index contributed by atoms with van der Waals surface area (Å²) in [5.74, 6) is -2.32. The first-order chi connectivity index (χ1) is 13.7. The number of ether oxygens (including phenoxy) is 3. The fourth-order valence-electron chi connectivity index (χ4n) is 2.43. The molecule has 156 valence electrons. The monoisotopic (exact) mass is 486 g/mol. The molecule has 0 spiro atoms. The Balaban J connectivity index is 2.31. The number of carboxylic acids is 1. The number of hydrogen-bond donors (Lipinski definition) is 0. The third-order valence-corrected chi connectivity index (χ3v) is 5.20. The van der Waals surface area contributed by atoms with Gasteiger partial charge in [-0.1, -0.05) is 0 Å². The predicted molar refractivity (Wildman–Crippen MR) is 105 cm³/mol. The number of carbonyl (C=O) groups excluding carboxylic acids is 4. The summed E-state index contributed by atoms with van der Waals surface area (Å²) in [6.07, 6.45) is 1.46. The molecule has 1 saturated heterocycles. The SMILES string of the molecule is CCOC(=O)[C@H](C)N1C(=O)S/C(=C\c2cc(Br)c(OCC(=O)[O-])c(OC)c2)C1=O. The largest absolute Gasteiger partial charge is 0.546 e. The Morgan fingerprint density at radius 3 is 2.62 bits per heavy atom. The van der Waals surface area contributed by atoms with Gasteiger partial charge in [0, 0.05) is 0 Å². The van der Waals surface area contributed by atoms with Gasteiger partial charge in [-0.05, 0) is 65.3 Å². The molecule has 11 heteroatoms. The van der Waals surface area contributed by atoms with Crippen LogP contribution in [0.3, 0.4) is 0 Å². The van der Waals surface area contributed by atoms with Gasteiger partial charge in [0.2, 0.25) is 0 Å². The maximum absolute atomic E-state index is 12.6. The zero-order chi connectivity index (χ0) is 21.7. The molecule has 29 heavy (non-hydrogen) atoms. The molecule has 1 atom stereocenters. The van der Waals surface area contributed by atoms with E-state index in [2.05, 4.69) is 15.9 Å². The standard InChI is InChI=1S/C18H18BrNO8S/c1-4-27-17(24)9(2)20-16(23)13(29-18(20)25)7-10-5-11(19)15(12(6-10)26-3)28-8-14(21)22/h5-7,9H,4,8H2,1-3H3,(H,21,22)/p-1/b13-7-/t9-/m0/s1. The highest BCUT2D eigenvalue weighted by Crippen LogP contribution is 2.39. The lowest BCUT2D eigenvalue weighted by atomic mass is 10.1. The number of benzene rings is 1. The van der Waals surface area contributed by atoms with Gasteiger partial charge in [0.25, 0.3) is 11.1 Å². The van der Waals surface area contributed by atoms with Crippen molar-refractivity contribution in [2.45, 2.75) is 19.9 Å². The summed E-state index contributed by atoms with van der Waals surface area (Å²) in [4.78, 5) is 48.3. The van der Waals surface area contributed by atoms with Gasteiger partial charge in [0.15, 0.2) is 11.5 Å². The molecule has 1 aromatic rings. The van der Waals surface area contributed by atoms with Gasteiger partial charge in [-0.15, -0.1) is 0 Å². The van der Waals surface area contributed by atoms with E-state index < -0.39 is 35.7 Å². The number of aliphatic carboxylic acids is 1. The minimum atomic E-state index is -1.40. The Hall–Kier alpha value is -2.53. The summed E-state index contributed by atoms with van der Waals surface area (Å²) in [5.41, 5.74) is 0.490. The third-order valence-electron chi connectivity index (χ3n) is 3.72. The van der Waals surface area contributed by atoms with Crippen LogP contribution in [0, 0.1) is 0 Å². The van der Waals surface area contributed by atoms with E-state index >= 15 is 0 Å². The Labute approximate surface area is 179 Å². The lowest BCUT2D eigenvalue weighted by Gasteiger charge is -2.19. The van der Waals surface area contributed by atoms with Crippen LogP contribution >= 0.6 is 27.7 Å². The number of carboxylic acid groups (broad SMARTS) is 1. The van der Waals surface area contributed by atoms with E-state index in [1.54, 1.807) is 13.0 Å². The number of imide groups is 1. The Morgan fingerprint density at radius 2 is 2.03 bits per heavy atom. The molecular formula is C18H17BrNO8S-. The van der Waals surface area contributed by atoms with Crippen LogP contribution < -0.4 is 14.6 Å². The lowest BCUT2D eigenvalue weighted by Crippen LogP contribution is -2.42. The van der Waals surface area contributed by atoms with Crippen molar-refractivity contribution in [3.63, 3.8) is 0 Å². The number of esters is 1. The zero-order valence-corrected chi connectivity index (χ0v) is 18.1. The maximum atomic E-state index is 12.6. The molecule has 0 aromatic heterocycles. The Morgan fingerprint density at radius 1 is 1.34 bits per heavy atom. The molecule has 0 radical (unpaired) electrons. The van der Waals surface area contributed by atoms with Crippen LogP contribution in [-0.2, 0) is 19.1 Å². The molecule has 1 aromatic carbocycles. The summed E-state index contributed by atoms with van der Waals surface area (Å²) < 4.78 is 15.6. The number of methoxy groups -OCH3 is 1. The molecule has 0 unspecified atom stereocenters. The Bertz CT molecular complexity index is 885. The molecule has 1 fully saturated rings. The number of carbonyl (C=O) groups is 4. The smallest absolute Gasteiger partial charge is 0.329 e. The van der Waals surface area contributed by atoms with Crippen molar-refractivity contribution in [2.24, 2.45) is 0 Å². The van der Waals surface area contributed by atoms with Crippen LogP contribution in [-0.4, -0.2) is 54.4 Å². The van der Waals surface area contributed by atoms with Crippen molar-refractivity contribution in [1.29, 1.82) is 0 Å². The summed E-state index contributed by atoms with van der Waals surface area (Å²) in [6.45, 7) is 2.51. The topological polar surface area (TPSA) is 122 Å². The van der Waals surface area contributed by atoms with E-state index in [9.17, 15) is 24.3 Å². The molecule has 9 nitrogen and oxygen atoms in total. The summed E-state index contributed by atoms with van der Waals surface area (Å²) in [5, 5.41) is 10.0. The maximum Gasteiger partial charge on any atom is 0.329 e. The van der Waals surface area contributed by atoms with Crippen LogP contribution in [0.5, 0.6) is 11.5 Å². The van der Waals surface area contributed by atoms with Crippen molar-refractivity contribution >= 4 is 56.9 Å². The van der Waals surface area contributed by atoms with Crippen molar-refractivity contribution in [2.75, 3.05) is 20.3 Å². The normalized spacial score (nSPS) is 16.1. The highest BCUT2D eigenvalue weighted by molar-refractivity contribution is 9.10. The van der Waals surface area contributed by atoms with Crippen molar-refractivity contribution in [3.05, 3.63) is 27.1 Å². The Kier molecular flexibility index (Phi) is 7.68. The van der Waals surface area contributed by atoms with Crippen molar-refractivity contribution in [1.82, 2.24) is 4.90 Å². The third kappa shape index (κ3) is 5.30. The number of rotatable bonds is 8. The molecule has 2 amide bonds. The van der Waals surface area contributed by atoms with Gasteiger partial charge >= 0.3 is 5.97 Å². The van der Waals surface area contributed by atoms with Gasteiger partial charge in [-0.3, -0.25) is 14.5 Å². The molecule has 1 aliphatic rings. The van der Waals surface area contributed by atoms with Crippen LogP contribution in [0.1, 0.15) is 19.4 Å². The quantitative estimate of drug-likeness (QED) is 0.397. The van der Waals surface area contributed by atoms with Gasteiger partial charge in [0.1, 0.15) is 12.6 Å². The summed E-state index contributed by atoms with van der Waals surface area (Å²) in [7, 11) is 1.37. The van der Waals surface area contributed by atoms with Crippen LogP contribution in [0.4, 0.5) is 4.79 Å². The van der Waals surface area contributed by atoms with E-state index in [1.807, 2.05) is 0 Å². The molecule has 0 saturated carbocycles. The summed E-state index contributed by atoms with van der Waals surface area (Å²) >= 11 is 3.95. The highest BCUT2D eigenvalue weighted by atomic mass is 79.9. The van der Waals surface area contributed by atoms with Crippen molar-refractivity contribution in [3.8, 4) is 11.5 Å². The van der Waals surface area contributed by atoms with Gasteiger partial charge < -0.3 is 24.1 Å². The molecule has 1 aliphatic heterocycles. The number of thioether (sulfide) groups is 1. The molecule has 0 bridgehead atoms. The number of nitrogens with zero attached hydrogens (tertiary/aromatic N) is 1. The average Bonchev–Trinajstić information content (AvgIpc) is 2.93. The molecule has 2 rings (SSSR count). The minimum absolute atomic E-state index is 0.114. The van der Waals surface area contributed by atoms with Crippen LogP contribution in [0.25, 0.3) is 6.08 Å². The van der Waals surface area contributed by atoms with Crippen LogP contribution in [0.15, 0.2) is 21.5 Å². The first-order valence-electron chi connectivity index (χ1n) is 8.33. The van der Waals surface area contributed by atoms with Gasteiger partial charge in [-0.25, -0.2) is 4.79 Å². The average molecular weight is 487 g/mol. The van der Waals surface area contributed by atoms with Crippen molar-refractivity contribution < 1.29 is 38.5 Å². The second-order valence-electron chi connectivity index (χ2n) is 5.67. The highest BCUT2D eigenvalue weighted by Gasteiger charge is 2.41. The van der Waals surface area contributed by atoms with E-state index in [0.29, 0.717) is 21.8 Å². The van der Waals surface area contributed by atoms with E-state index in [-0.39, 0.29) is 23.0 Å². The van der Waals surface area contributed by atoms with E-state index in [0.717, 1.165) is 4.90 Å². The number of amides is 2. The first kappa shape index (κ1) is 22.8. The fourth-order valence-corrected chi connectivity index (χ4v) is 3.91. The summed E-state index contributed by atoms with van der Waals surface area (Å²) in [6, 6.07) is 2.03. The van der Waals surface area contributed by atoms with Gasteiger partial charge in [0.05, 0.1) is 29.1 Å². The number of halogens is 1. The van der Waals surface area contributed by atoms with E-state index in [1.165, 1.54) is 26.2 Å². The van der Waals surface area contributed by atoms with E-state index in [4.69, 9.17) is 14.2 Å². The molecule has 0 N–H and O–H groups in total. The second-order valence-corrected chi connectivity index (χ2v) is 7.52. The fraction of sp³-hybridized carbons (Fsp3) is 0.333.